The van der Waals surface area contributed by atoms with E-state index >= 15 is 0 Å². The molecule has 1 saturated carbocycles. The average molecular weight is 340 g/mol. The van der Waals surface area contributed by atoms with E-state index in [1.54, 1.807) is 6.07 Å². The molecule has 0 amide bonds. The maximum Gasteiger partial charge on any atom is 0.337 e. The summed E-state index contributed by atoms with van der Waals surface area (Å²) >= 11 is 3.31. The quantitative estimate of drug-likeness (QED) is 0.811. The summed E-state index contributed by atoms with van der Waals surface area (Å²) < 4.78 is 0.793. The van der Waals surface area contributed by atoms with Gasteiger partial charge in [-0.25, -0.2) is 4.79 Å². The van der Waals surface area contributed by atoms with E-state index < -0.39 is 5.97 Å². The molecule has 0 spiro atoms. The minimum Gasteiger partial charge on any atom is -0.478 e. The Kier molecular flexibility index (Phi) is 5.46. The summed E-state index contributed by atoms with van der Waals surface area (Å²) in [5.41, 5.74) is 1.04. The van der Waals surface area contributed by atoms with Gasteiger partial charge in [0.05, 0.1) is 5.56 Å². The summed E-state index contributed by atoms with van der Waals surface area (Å²) in [6.45, 7) is 3.18. The van der Waals surface area contributed by atoms with Crippen molar-refractivity contribution in [1.82, 2.24) is 0 Å². The maximum atomic E-state index is 11.2. The Morgan fingerprint density at radius 2 is 2.25 bits per heavy atom. The Bertz CT molecular complexity index is 476. The van der Waals surface area contributed by atoms with Gasteiger partial charge < -0.3 is 10.4 Å². The fourth-order valence-electron chi connectivity index (χ4n) is 3.08. The van der Waals surface area contributed by atoms with E-state index in [0.717, 1.165) is 29.3 Å². The molecule has 1 aliphatic rings. The molecule has 0 aliphatic heterocycles. The van der Waals surface area contributed by atoms with Crippen molar-refractivity contribution in [2.45, 2.75) is 39.0 Å². The second-order valence-corrected chi connectivity index (χ2v) is 6.76. The average Bonchev–Trinajstić information content (AvgIpc) is 2.40. The molecule has 4 heteroatoms. The van der Waals surface area contributed by atoms with Crippen molar-refractivity contribution < 1.29 is 9.90 Å². The third-order valence-electron chi connectivity index (χ3n) is 4.13. The highest BCUT2D eigenvalue weighted by atomic mass is 79.9. The largest absolute Gasteiger partial charge is 0.478 e. The van der Waals surface area contributed by atoms with Crippen LogP contribution in [0.25, 0.3) is 0 Å². The van der Waals surface area contributed by atoms with E-state index in [4.69, 9.17) is 0 Å². The van der Waals surface area contributed by atoms with Gasteiger partial charge in [0.1, 0.15) is 0 Å². The lowest BCUT2D eigenvalue weighted by Gasteiger charge is -2.26. The summed E-state index contributed by atoms with van der Waals surface area (Å²) in [5.74, 6) is 0.742. The zero-order chi connectivity index (χ0) is 14.5. The Balaban J connectivity index is 1.89. The fourth-order valence-corrected chi connectivity index (χ4v) is 3.44. The highest BCUT2D eigenvalue weighted by Gasteiger charge is 2.18. The van der Waals surface area contributed by atoms with Gasteiger partial charge >= 0.3 is 5.97 Å². The molecule has 110 valence electrons. The zero-order valence-electron chi connectivity index (χ0n) is 11.9. The van der Waals surface area contributed by atoms with Gasteiger partial charge in [-0.1, -0.05) is 42.1 Å². The first-order valence-corrected chi connectivity index (χ1v) is 8.12. The highest BCUT2D eigenvalue weighted by molar-refractivity contribution is 9.10. The van der Waals surface area contributed by atoms with Gasteiger partial charge in [0.15, 0.2) is 0 Å². The Hall–Kier alpha value is -1.03. The van der Waals surface area contributed by atoms with Crippen molar-refractivity contribution >= 4 is 27.6 Å². The normalized spacial score (nSPS) is 22.5. The standard InChI is InChI=1S/C16H22BrNO2/c1-11-3-2-4-12(9-11)7-8-18-15-6-5-13(17)10-14(15)16(19)20/h5-6,10-12,18H,2-4,7-9H2,1H3,(H,19,20). The Labute approximate surface area is 128 Å². The van der Waals surface area contributed by atoms with Crippen molar-refractivity contribution in [1.29, 1.82) is 0 Å². The minimum absolute atomic E-state index is 0.330. The lowest BCUT2D eigenvalue weighted by molar-refractivity contribution is 0.0698. The van der Waals surface area contributed by atoms with Crippen molar-refractivity contribution in [2.24, 2.45) is 11.8 Å². The van der Waals surface area contributed by atoms with Gasteiger partial charge in [-0.3, -0.25) is 0 Å². The first kappa shape index (κ1) is 15.4. The number of benzene rings is 1. The predicted molar refractivity (Wildman–Crippen MR) is 85.3 cm³/mol. The molecule has 3 nitrogen and oxygen atoms in total. The molecule has 20 heavy (non-hydrogen) atoms. The number of hydrogen-bond acceptors (Lipinski definition) is 2. The van der Waals surface area contributed by atoms with Crippen molar-refractivity contribution in [2.75, 3.05) is 11.9 Å². The summed E-state index contributed by atoms with van der Waals surface area (Å²) in [4.78, 5) is 11.2. The highest BCUT2D eigenvalue weighted by Crippen LogP contribution is 2.30. The minimum atomic E-state index is -0.889. The molecule has 1 aliphatic carbocycles. The van der Waals surface area contributed by atoms with Crippen molar-refractivity contribution in [3.05, 3.63) is 28.2 Å². The second-order valence-electron chi connectivity index (χ2n) is 5.85. The summed E-state index contributed by atoms with van der Waals surface area (Å²) in [6, 6.07) is 5.35. The van der Waals surface area contributed by atoms with E-state index in [0.29, 0.717) is 11.3 Å². The molecular weight excluding hydrogens is 318 g/mol. The van der Waals surface area contributed by atoms with Crippen LogP contribution in [0.1, 0.15) is 49.4 Å². The zero-order valence-corrected chi connectivity index (χ0v) is 13.4. The molecule has 1 fully saturated rings. The number of nitrogens with one attached hydrogen (secondary N) is 1. The molecule has 0 heterocycles. The van der Waals surface area contributed by atoms with Crippen LogP contribution in [0.3, 0.4) is 0 Å². The van der Waals surface area contributed by atoms with Crippen LogP contribution in [0.2, 0.25) is 0 Å². The van der Waals surface area contributed by atoms with E-state index in [1.807, 2.05) is 12.1 Å². The second kappa shape index (κ2) is 7.11. The molecule has 2 unspecified atom stereocenters. The van der Waals surface area contributed by atoms with Gasteiger partial charge in [-0.05, 0) is 42.9 Å². The summed E-state index contributed by atoms with van der Waals surface area (Å²) in [7, 11) is 0. The number of carbonyl (C=O) groups is 1. The topological polar surface area (TPSA) is 49.3 Å². The lowest BCUT2D eigenvalue weighted by Crippen LogP contribution is -2.17. The molecule has 2 rings (SSSR count). The van der Waals surface area contributed by atoms with E-state index in [9.17, 15) is 9.90 Å². The third-order valence-corrected chi connectivity index (χ3v) is 4.62. The van der Waals surface area contributed by atoms with Crippen LogP contribution in [0.5, 0.6) is 0 Å². The predicted octanol–water partition coefficient (Wildman–Crippen LogP) is 4.78. The van der Waals surface area contributed by atoms with Gasteiger partial charge in [-0.2, -0.15) is 0 Å². The van der Waals surface area contributed by atoms with Gasteiger partial charge in [-0.15, -0.1) is 0 Å². The molecule has 0 aromatic heterocycles. The molecule has 1 aromatic carbocycles. The molecule has 1 aromatic rings. The molecule has 0 bridgehead atoms. The number of aromatic carboxylic acids is 1. The van der Waals surface area contributed by atoms with Crippen LogP contribution in [0, 0.1) is 11.8 Å². The smallest absolute Gasteiger partial charge is 0.337 e. The number of anilines is 1. The van der Waals surface area contributed by atoms with E-state index in [2.05, 4.69) is 28.2 Å². The van der Waals surface area contributed by atoms with Crippen molar-refractivity contribution in [3.8, 4) is 0 Å². The third kappa shape index (κ3) is 4.23. The number of carboxylic acids is 1. The van der Waals surface area contributed by atoms with E-state index in [-0.39, 0.29) is 0 Å². The van der Waals surface area contributed by atoms with Gasteiger partial charge in [0.25, 0.3) is 0 Å². The van der Waals surface area contributed by atoms with Crippen LogP contribution in [0.15, 0.2) is 22.7 Å². The molecule has 0 saturated heterocycles. The van der Waals surface area contributed by atoms with Gasteiger partial charge in [0.2, 0.25) is 0 Å². The fraction of sp³-hybridized carbons (Fsp3) is 0.562. The van der Waals surface area contributed by atoms with E-state index in [1.165, 1.54) is 25.7 Å². The van der Waals surface area contributed by atoms with Crippen LogP contribution >= 0.6 is 15.9 Å². The molecular formula is C16H22BrNO2. The number of carboxylic acid groups (broad SMARTS) is 1. The first-order valence-electron chi connectivity index (χ1n) is 7.33. The number of halogens is 1. The first-order chi connectivity index (χ1) is 9.56. The number of rotatable bonds is 5. The van der Waals surface area contributed by atoms with Crippen molar-refractivity contribution in [3.63, 3.8) is 0 Å². The molecule has 0 radical (unpaired) electrons. The Morgan fingerprint density at radius 3 is 2.95 bits per heavy atom. The summed E-state index contributed by atoms with van der Waals surface area (Å²) in [6.07, 6.45) is 6.45. The maximum absolute atomic E-state index is 11.2. The van der Waals surface area contributed by atoms with Crippen LogP contribution in [-0.2, 0) is 0 Å². The van der Waals surface area contributed by atoms with Crippen LogP contribution in [0.4, 0.5) is 5.69 Å². The molecule has 2 atom stereocenters. The van der Waals surface area contributed by atoms with Crippen LogP contribution in [-0.4, -0.2) is 17.6 Å². The van der Waals surface area contributed by atoms with Crippen LogP contribution < -0.4 is 5.32 Å². The summed E-state index contributed by atoms with van der Waals surface area (Å²) in [5, 5.41) is 12.5. The lowest BCUT2D eigenvalue weighted by atomic mass is 9.81. The number of hydrogen-bond donors (Lipinski definition) is 2. The van der Waals surface area contributed by atoms with Gasteiger partial charge in [0, 0.05) is 16.7 Å². The Morgan fingerprint density at radius 1 is 1.45 bits per heavy atom. The SMILES string of the molecule is CC1CCCC(CCNc2ccc(Br)cc2C(=O)O)C1. The monoisotopic (exact) mass is 339 g/mol. The molecule has 2 N–H and O–H groups in total.